The van der Waals surface area contributed by atoms with E-state index in [1.807, 2.05) is 12.1 Å². The number of nitrogens with zero attached hydrogens (tertiary/aromatic N) is 1. The van der Waals surface area contributed by atoms with Gasteiger partial charge in [-0.3, -0.25) is 0 Å². The van der Waals surface area contributed by atoms with Crippen LogP contribution in [0.15, 0.2) is 86.2 Å². The summed E-state index contributed by atoms with van der Waals surface area (Å²) in [5, 5.41) is 0.0539. The van der Waals surface area contributed by atoms with E-state index in [-0.39, 0.29) is 16.3 Å². The first kappa shape index (κ1) is 19.3. The maximum absolute atomic E-state index is 13.2. The van der Waals surface area contributed by atoms with Crippen LogP contribution in [0.3, 0.4) is 0 Å². The van der Waals surface area contributed by atoms with Crippen molar-refractivity contribution in [3.05, 3.63) is 72.5 Å². The first-order valence-corrected chi connectivity index (χ1v) is 11.7. The molecule has 0 fully saturated rings. The summed E-state index contributed by atoms with van der Waals surface area (Å²) in [7, 11) is -8.34. The summed E-state index contributed by atoms with van der Waals surface area (Å²) in [4.78, 5) is 3.84. The predicted octanol–water partition coefficient (Wildman–Crippen LogP) is 3.87. The molecule has 0 spiro atoms. The smallest absolute Gasteiger partial charge is 0.258 e. The van der Waals surface area contributed by atoms with Crippen LogP contribution in [0.25, 0.3) is 22.2 Å². The average Bonchev–Trinajstić information content (AvgIpc) is 3.15. The molecule has 0 aliphatic heterocycles. The van der Waals surface area contributed by atoms with Crippen LogP contribution in [0, 0.1) is 5.82 Å². The Balaban J connectivity index is 1.92. The van der Waals surface area contributed by atoms with Gasteiger partial charge in [-0.25, -0.2) is 21.2 Å². The Morgan fingerprint density at radius 2 is 1.52 bits per heavy atom. The quantitative estimate of drug-likeness (QED) is 0.487. The maximum atomic E-state index is 13.2. The molecule has 148 valence electrons. The second-order valence-corrected chi connectivity index (χ2v) is 10.2. The second-order valence-electron chi connectivity index (χ2n) is 6.40. The number of sulfone groups is 2. The minimum absolute atomic E-state index is 0.111. The first-order chi connectivity index (χ1) is 13.7. The van der Waals surface area contributed by atoms with E-state index < -0.39 is 35.6 Å². The van der Waals surface area contributed by atoms with Gasteiger partial charge in [0, 0.05) is 11.8 Å². The molecule has 1 aromatic heterocycles. The summed E-state index contributed by atoms with van der Waals surface area (Å²) < 4.78 is 69.2. The highest BCUT2D eigenvalue weighted by Gasteiger charge is 2.33. The summed E-state index contributed by atoms with van der Waals surface area (Å²) in [5.41, 5.74) is 0.247. The van der Waals surface area contributed by atoms with Crippen LogP contribution in [-0.2, 0) is 19.7 Å². The molecule has 1 heterocycles. The SMILES string of the molecule is CS(=O)(=O)c1oc(-c2ccc(F)cc2)nc1S(=O)(=O)c1ccc2ccccc2c1. The van der Waals surface area contributed by atoms with Gasteiger partial charge >= 0.3 is 0 Å². The van der Waals surface area contributed by atoms with Crippen LogP contribution in [0.1, 0.15) is 0 Å². The molecule has 0 bridgehead atoms. The molecule has 0 atom stereocenters. The van der Waals surface area contributed by atoms with Crippen molar-refractivity contribution in [3.8, 4) is 11.5 Å². The standard InChI is InChI=1S/C20H14FNO5S2/c1-28(23,24)20-19(22-18(27-20)14-6-9-16(21)10-7-14)29(25,26)17-11-8-13-4-2-3-5-15(13)12-17/h2-12H,1H3. The van der Waals surface area contributed by atoms with Crippen LogP contribution >= 0.6 is 0 Å². The number of oxazole rings is 1. The van der Waals surface area contributed by atoms with Gasteiger partial charge in [-0.15, -0.1) is 0 Å². The van der Waals surface area contributed by atoms with E-state index in [0.29, 0.717) is 5.39 Å². The molecule has 0 amide bonds. The van der Waals surface area contributed by atoms with Crippen LogP contribution in [0.2, 0.25) is 0 Å². The van der Waals surface area contributed by atoms with E-state index in [9.17, 15) is 21.2 Å². The number of halogens is 1. The fourth-order valence-electron chi connectivity index (χ4n) is 2.86. The molecule has 0 saturated carbocycles. The number of hydrogen-bond acceptors (Lipinski definition) is 6. The summed E-state index contributed by atoms with van der Waals surface area (Å²) in [6.07, 6.45) is 0.835. The molecule has 0 saturated heterocycles. The van der Waals surface area contributed by atoms with E-state index in [1.165, 1.54) is 24.3 Å². The zero-order valence-electron chi connectivity index (χ0n) is 15.0. The number of fused-ring (bicyclic) bond motifs is 1. The van der Waals surface area contributed by atoms with Gasteiger partial charge in [0.1, 0.15) is 5.82 Å². The van der Waals surface area contributed by atoms with Crippen molar-refractivity contribution in [2.45, 2.75) is 15.0 Å². The summed E-state index contributed by atoms with van der Waals surface area (Å²) in [5.74, 6) is -0.738. The molecule has 0 aliphatic rings. The van der Waals surface area contributed by atoms with Crippen molar-refractivity contribution in [1.82, 2.24) is 4.98 Å². The normalized spacial score (nSPS) is 12.3. The third-order valence-electron chi connectivity index (χ3n) is 4.28. The van der Waals surface area contributed by atoms with Crippen molar-refractivity contribution < 1.29 is 25.6 Å². The van der Waals surface area contributed by atoms with E-state index in [4.69, 9.17) is 4.42 Å². The zero-order chi connectivity index (χ0) is 20.8. The topological polar surface area (TPSA) is 94.3 Å². The third-order valence-corrected chi connectivity index (χ3v) is 7.02. The van der Waals surface area contributed by atoms with Gasteiger partial charge in [0.05, 0.1) is 4.90 Å². The van der Waals surface area contributed by atoms with Crippen LogP contribution in [0.4, 0.5) is 4.39 Å². The van der Waals surface area contributed by atoms with Gasteiger partial charge in [0.15, 0.2) is 0 Å². The monoisotopic (exact) mass is 431 g/mol. The van der Waals surface area contributed by atoms with Crippen LogP contribution in [-0.4, -0.2) is 28.1 Å². The number of aromatic nitrogens is 1. The van der Waals surface area contributed by atoms with E-state index in [1.54, 1.807) is 18.2 Å². The minimum atomic E-state index is -4.30. The number of rotatable bonds is 4. The Morgan fingerprint density at radius 3 is 2.17 bits per heavy atom. The van der Waals surface area contributed by atoms with Gasteiger partial charge in [0.25, 0.3) is 5.09 Å². The Bertz CT molecular complexity index is 1440. The van der Waals surface area contributed by atoms with E-state index >= 15 is 0 Å². The molecule has 0 radical (unpaired) electrons. The lowest BCUT2D eigenvalue weighted by molar-refractivity contribution is 0.447. The summed E-state index contributed by atoms with van der Waals surface area (Å²) in [6.45, 7) is 0. The zero-order valence-corrected chi connectivity index (χ0v) is 16.7. The first-order valence-electron chi connectivity index (χ1n) is 8.37. The lowest BCUT2D eigenvalue weighted by atomic mass is 10.1. The fourth-order valence-corrected chi connectivity index (χ4v) is 5.45. The average molecular weight is 431 g/mol. The lowest BCUT2D eigenvalue weighted by Gasteiger charge is -2.04. The predicted molar refractivity (Wildman–Crippen MR) is 104 cm³/mol. The molecule has 4 rings (SSSR count). The maximum Gasteiger partial charge on any atom is 0.258 e. The van der Waals surface area contributed by atoms with Gasteiger partial charge in [0.2, 0.25) is 30.6 Å². The second kappa shape index (κ2) is 6.78. The number of hydrogen-bond donors (Lipinski definition) is 0. The van der Waals surface area contributed by atoms with E-state index in [0.717, 1.165) is 23.8 Å². The molecule has 29 heavy (non-hydrogen) atoms. The van der Waals surface area contributed by atoms with Gasteiger partial charge < -0.3 is 4.42 Å². The van der Waals surface area contributed by atoms with Crippen molar-refractivity contribution >= 4 is 30.4 Å². The van der Waals surface area contributed by atoms with Crippen LogP contribution < -0.4 is 0 Å². The van der Waals surface area contributed by atoms with Gasteiger partial charge in [-0.05, 0) is 47.2 Å². The molecular formula is C20H14FNO5S2. The number of benzene rings is 3. The molecular weight excluding hydrogens is 417 g/mol. The highest BCUT2D eigenvalue weighted by Crippen LogP contribution is 2.32. The Morgan fingerprint density at radius 1 is 0.862 bits per heavy atom. The van der Waals surface area contributed by atoms with Gasteiger partial charge in [-0.2, -0.15) is 4.98 Å². The largest absolute Gasteiger partial charge is 0.423 e. The Kier molecular flexibility index (Phi) is 4.51. The van der Waals surface area contributed by atoms with E-state index in [2.05, 4.69) is 4.98 Å². The Hall–Kier alpha value is -3.04. The molecule has 9 heteroatoms. The Labute approximate surface area is 166 Å². The van der Waals surface area contributed by atoms with Crippen molar-refractivity contribution in [3.63, 3.8) is 0 Å². The molecule has 3 aromatic carbocycles. The molecule has 4 aromatic rings. The molecule has 0 aliphatic carbocycles. The van der Waals surface area contributed by atoms with Crippen molar-refractivity contribution in [2.24, 2.45) is 0 Å². The highest BCUT2D eigenvalue weighted by atomic mass is 32.2. The van der Waals surface area contributed by atoms with Gasteiger partial charge in [-0.1, -0.05) is 30.3 Å². The molecule has 0 unspecified atom stereocenters. The van der Waals surface area contributed by atoms with Crippen molar-refractivity contribution in [2.75, 3.05) is 6.26 Å². The molecule has 0 N–H and O–H groups in total. The minimum Gasteiger partial charge on any atom is -0.423 e. The highest BCUT2D eigenvalue weighted by molar-refractivity contribution is 7.94. The summed E-state index contributed by atoms with van der Waals surface area (Å²) >= 11 is 0. The fraction of sp³-hybridized carbons (Fsp3) is 0.0500. The van der Waals surface area contributed by atoms with Crippen LogP contribution in [0.5, 0.6) is 0 Å². The molecule has 6 nitrogen and oxygen atoms in total. The lowest BCUT2D eigenvalue weighted by Crippen LogP contribution is -2.08. The van der Waals surface area contributed by atoms with Crippen molar-refractivity contribution in [1.29, 1.82) is 0 Å². The summed E-state index contributed by atoms with van der Waals surface area (Å²) in [6, 6.07) is 16.5. The third kappa shape index (κ3) is 3.54.